The summed E-state index contributed by atoms with van der Waals surface area (Å²) in [5.74, 6) is -0.210. The summed E-state index contributed by atoms with van der Waals surface area (Å²) in [6, 6.07) is 3.15. The van der Waals surface area contributed by atoms with E-state index < -0.39 is 9.05 Å². The van der Waals surface area contributed by atoms with Gasteiger partial charge in [-0.05, 0) is 25.5 Å². The number of hydrogen-bond acceptors (Lipinski definition) is 5. The van der Waals surface area contributed by atoms with Gasteiger partial charge in [-0.15, -0.1) is 11.3 Å². The molecule has 0 saturated heterocycles. The summed E-state index contributed by atoms with van der Waals surface area (Å²) >= 11 is 1.10. The summed E-state index contributed by atoms with van der Waals surface area (Å²) in [6.45, 7) is 2.17. The molecule has 0 aliphatic heterocycles. The molecule has 0 aliphatic carbocycles. The maximum Gasteiger partial charge on any atom is 0.270 e. The van der Waals surface area contributed by atoms with Crippen molar-refractivity contribution in [1.82, 2.24) is 15.5 Å². The van der Waals surface area contributed by atoms with Gasteiger partial charge in [0.2, 0.25) is 0 Å². The third-order valence-corrected chi connectivity index (χ3v) is 5.85. The number of rotatable bonds is 5. The molecule has 0 unspecified atom stereocenters. The number of nitrogens with one attached hydrogen (secondary N) is 2. The molecular weight excluding hydrogens is 322 g/mol. The number of aromatic nitrogens is 2. The van der Waals surface area contributed by atoms with Gasteiger partial charge in [0, 0.05) is 27.8 Å². The summed E-state index contributed by atoms with van der Waals surface area (Å²) < 4.78 is 22.4. The Morgan fingerprint density at radius 2 is 2.25 bits per heavy atom. The van der Waals surface area contributed by atoms with Gasteiger partial charge in [0.1, 0.15) is 4.21 Å². The molecule has 0 saturated carbocycles. The van der Waals surface area contributed by atoms with Crippen molar-refractivity contribution >= 4 is 37.0 Å². The SMILES string of the molecule is Cc1[nH]ncc1C(=O)NCCc1ccc(S(=O)(=O)Cl)s1. The molecule has 2 aromatic heterocycles. The average Bonchev–Trinajstić information content (AvgIpc) is 2.97. The number of aromatic amines is 1. The fourth-order valence-corrected chi connectivity index (χ4v) is 3.72. The Morgan fingerprint density at radius 1 is 1.50 bits per heavy atom. The lowest BCUT2D eigenvalue weighted by Gasteiger charge is -2.02. The van der Waals surface area contributed by atoms with E-state index in [4.69, 9.17) is 10.7 Å². The highest BCUT2D eigenvalue weighted by Gasteiger charge is 2.14. The normalized spacial score (nSPS) is 11.5. The molecule has 9 heteroatoms. The molecule has 0 aromatic carbocycles. The van der Waals surface area contributed by atoms with Crippen molar-refractivity contribution in [1.29, 1.82) is 0 Å². The van der Waals surface area contributed by atoms with E-state index in [9.17, 15) is 13.2 Å². The molecule has 2 N–H and O–H groups in total. The summed E-state index contributed by atoms with van der Waals surface area (Å²) in [7, 11) is 1.57. The third kappa shape index (κ3) is 3.59. The standard InChI is InChI=1S/C11H12ClN3O3S2/c1-7-9(6-14-15-7)11(16)13-5-4-8-2-3-10(19-8)20(12,17)18/h2-3,6H,4-5H2,1H3,(H,13,16)(H,14,15). The van der Waals surface area contributed by atoms with Crippen LogP contribution in [0.25, 0.3) is 0 Å². The number of halogens is 1. The van der Waals surface area contributed by atoms with Crippen molar-refractivity contribution < 1.29 is 13.2 Å². The Morgan fingerprint density at radius 3 is 2.80 bits per heavy atom. The predicted molar refractivity (Wildman–Crippen MR) is 76.7 cm³/mol. The van der Waals surface area contributed by atoms with E-state index >= 15 is 0 Å². The molecule has 0 spiro atoms. The number of H-pyrrole nitrogens is 1. The molecule has 2 rings (SSSR count). The lowest BCUT2D eigenvalue weighted by atomic mass is 10.2. The average molecular weight is 334 g/mol. The molecule has 6 nitrogen and oxygen atoms in total. The minimum atomic E-state index is -3.67. The van der Waals surface area contributed by atoms with E-state index in [2.05, 4.69) is 15.5 Å². The maximum absolute atomic E-state index is 11.8. The molecular formula is C11H12ClN3O3S2. The van der Waals surface area contributed by atoms with E-state index in [0.717, 1.165) is 16.2 Å². The zero-order valence-corrected chi connectivity index (χ0v) is 12.9. The molecule has 0 aliphatic rings. The molecule has 0 bridgehead atoms. The van der Waals surface area contributed by atoms with Crippen LogP contribution in [0.2, 0.25) is 0 Å². The minimum absolute atomic E-state index is 0.117. The van der Waals surface area contributed by atoms with Gasteiger partial charge in [-0.1, -0.05) is 0 Å². The van der Waals surface area contributed by atoms with Gasteiger partial charge < -0.3 is 5.32 Å². The Kier molecular flexibility index (Phi) is 4.46. The number of nitrogens with zero attached hydrogens (tertiary/aromatic N) is 1. The lowest BCUT2D eigenvalue weighted by molar-refractivity contribution is 0.0953. The largest absolute Gasteiger partial charge is 0.352 e. The van der Waals surface area contributed by atoms with Gasteiger partial charge in [0.25, 0.3) is 15.0 Å². The van der Waals surface area contributed by atoms with Crippen LogP contribution in [-0.2, 0) is 15.5 Å². The summed E-state index contributed by atoms with van der Waals surface area (Å²) in [4.78, 5) is 12.6. The van der Waals surface area contributed by atoms with Crippen LogP contribution in [-0.4, -0.2) is 31.1 Å². The van der Waals surface area contributed by atoms with Gasteiger partial charge in [-0.3, -0.25) is 9.89 Å². The molecule has 2 heterocycles. The van der Waals surface area contributed by atoms with Crippen molar-refractivity contribution in [3.63, 3.8) is 0 Å². The van der Waals surface area contributed by atoms with Crippen LogP contribution in [0, 0.1) is 6.92 Å². The van der Waals surface area contributed by atoms with Crippen molar-refractivity contribution in [2.24, 2.45) is 0 Å². The molecule has 0 radical (unpaired) electrons. The monoisotopic (exact) mass is 333 g/mol. The highest BCUT2D eigenvalue weighted by molar-refractivity contribution is 8.15. The van der Waals surface area contributed by atoms with Gasteiger partial charge in [-0.25, -0.2) is 8.42 Å². The molecule has 108 valence electrons. The first-order valence-corrected chi connectivity index (χ1v) is 8.82. The quantitative estimate of drug-likeness (QED) is 0.814. The third-order valence-electron chi connectivity index (χ3n) is 2.61. The van der Waals surface area contributed by atoms with E-state index in [0.29, 0.717) is 24.2 Å². The fourth-order valence-electron chi connectivity index (χ4n) is 1.60. The molecule has 1 amide bonds. The van der Waals surface area contributed by atoms with Gasteiger partial charge in [0.05, 0.1) is 11.8 Å². The number of amides is 1. The van der Waals surface area contributed by atoms with Gasteiger partial charge in [-0.2, -0.15) is 5.10 Å². The second-order valence-electron chi connectivity index (χ2n) is 4.07. The summed E-state index contributed by atoms with van der Waals surface area (Å²) in [5, 5.41) is 9.21. The van der Waals surface area contributed by atoms with Crippen LogP contribution in [0.15, 0.2) is 22.5 Å². The van der Waals surface area contributed by atoms with Gasteiger partial charge >= 0.3 is 0 Å². The van der Waals surface area contributed by atoms with E-state index in [1.54, 1.807) is 13.0 Å². The van der Waals surface area contributed by atoms with Crippen LogP contribution in [0.1, 0.15) is 20.9 Å². The first-order valence-electron chi connectivity index (χ1n) is 5.69. The van der Waals surface area contributed by atoms with Crippen molar-refractivity contribution in [2.45, 2.75) is 17.6 Å². The number of aryl methyl sites for hydroxylation is 1. The lowest BCUT2D eigenvalue weighted by Crippen LogP contribution is -2.25. The van der Waals surface area contributed by atoms with Crippen LogP contribution >= 0.6 is 22.0 Å². The van der Waals surface area contributed by atoms with E-state index in [1.807, 2.05) is 0 Å². The molecule has 0 atom stereocenters. The first-order chi connectivity index (χ1) is 9.38. The van der Waals surface area contributed by atoms with Crippen LogP contribution in [0.3, 0.4) is 0 Å². The number of carbonyl (C=O) groups excluding carboxylic acids is 1. The number of carbonyl (C=O) groups is 1. The topological polar surface area (TPSA) is 91.9 Å². The smallest absolute Gasteiger partial charge is 0.270 e. The fraction of sp³-hybridized carbons (Fsp3) is 0.273. The Bertz CT molecular complexity index is 721. The maximum atomic E-state index is 11.8. The zero-order valence-electron chi connectivity index (χ0n) is 10.5. The molecule has 0 fully saturated rings. The van der Waals surface area contributed by atoms with Gasteiger partial charge in [0.15, 0.2) is 0 Å². The first kappa shape index (κ1) is 15.0. The molecule has 2 aromatic rings. The minimum Gasteiger partial charge on any atom is -0.352 e. The Hall–Kier alpha value is -1.38. The predicted octanol–water partition coefficient (Wildman–Crippen LogP) is 1.68. The Labute approximate surface area is 124 Å². The second kappa shape index (κ2) is 5.94. The van der Waals surface area contributed by atoms with E-state index in [1.165, 1.54) is 12.3 Å². The van der Waals surface area contributed by atoms with Crippen molar-refractivity contribution in [2.75, 3.05) is 6.54 Å². The number of thiophene rings is 1. The number of hydrogen-bond donors (Lipinski definition) is 2. The van der Waals surface area contributed by atoms with Crippen molar-refractivity contribution in [3.05, 3.63) is 34.5 Å². The van der Waals surface area contributed by atoms with Crippen molar-refractivity contribution in [3.8, 4) is 0 Å². The Balaban J connectivity index is 1.89. The summed E-state index contributed by atoms with van der Waals surface area (Å²) in [6.07, 6.45) is 2.01. The zero-order chi connectivity index (χ0) is 14.8. The summed E-state index contributed by atoms with van der Waals surface area (Å²) in [5.41, 5.74) is 1.20. The molecule has 20 heavy (non-hydrogen) atoms. The second-order valence-corrected chi connectivity index (χ2v) is 8.03. The van der Waals surface area contributed by atoms with E-state index in [-0.39, 0.29) is 10.1 Å². The van der Waals surface area contributed by atoms with Crippen LogP contribution in [0.4, 0.5) is 0 Å². The highest BCUT2D eigenvalue weighted by atomic mass is 35.7. The van der Waals surface area contributed by atoms with Crippen LogP contribution < -0.4 is 5.32 Å². The van der Waals surface area contributed by atoms with Crippen LogP contribution in [0.5, 0.6) is 0 Å². The highest BCUT2D eigenvalue weighted by Crippen LogP contribution is 2.24.